The molecule has 108 valence electrons. The quantitative estimate of drug-likeness (QED) is 0.912. The van der Waals surface area contributed by atoms with Crippen molar-refractivity contribution in [1.82, 2.24) is 0 Å². The van der Waals surface area contributed by atoms with E-state index in [0.29, 0.717) is 5.56 Å². The lowest BCUT2D eigenvalue weighted by atomic mass is 9.87. The van der Waals surface area contributed by atoms with Gasteiger partial charge in [0.2, 0.25) is 0 Å². The lowest BCUT2D eigenvalue weighted by Gasteiger charge is -2.36. The summed E-state index contributed by atoms with van der Waals surface area (Å²) in [6.07, 6.45) is 8.76. The van der Waals surface area contributed by atoms with Crippen LogP contribution in [0.2, 0.25) is 0 Å². The molecular weight excluding hydrogens is 250 g/mol. The molecule has 0 radical (unpaired) electrons. The minimum atomic E-state index is -0.790. The van der Waals surface area contributed by atoms with E-state index in [1.165, 1.54) is 37.8 Å². The molecule has 1 aliphatic carbocycles. The number of carboxylic acids is 1. The fraction of sp³-hybridized carbons (Fsp3) is 0.588. The highest BCUT2D eigenvalue weighted by Crippen LogP contribution is 2.33. The summed E-state index contributed by atoms with van der Waals surface area (Å²) >= 11 is 0. The summed E-state index contributed by atoms with van der Waals surface area (Å²) in [5.41, 5.74) is 2.71. The first-order valence-electron chi connectivity index (χ1n) is 7.86. The fourth-order valence-electron chi connectivity index (χ4n) is 3.77. The zero-order valence-corrected chi connectivity index (χ0v) is 12.0. The molecule has 1 heterocycles. The molecule has 0 bridgehead atoms. The van der Waals surface area contributed by atoms with Gasteiger partial charge in [-0.3, -0.25) is 0 Å². The number of rotatable bonds is 3. The molecule has 20 heavy (non-hydrogen) atoms. The number of hydrogen-bond donors (Lipinski definition) is 1. The number of fused-ring (bicyclic) bond motifs is 1. The largest absolute Gasteiger partial charge is 0.478 e. The lowest BCUT2D eigenvalue weighted by molar-refractivity contribution is 0.0695. The Balaban J connectivity index is 1.82. The molecule has 2 aliphatic rings. The molecule has 0 atom stereocenters. The topological polar surface area (TPSA) is 40.5 Å². The molecular formula is C17H23NO2. The third-order valence-corrected chi connectivity index (χ3v) is 4.78. The number of anilines is 1. The predicted molar refractivity (Wildman–Crippen MR) is 80.5 cm³/mol. The van der Waals surface area contributed by atoms with Crippen molar-refractivity contribution < 1.29 is 9.90 Å². The maximum absolute atomic E-state index is 11.4. The zero-order chi connectivity index (χ0) is 13.9. The van der Waals surface area contributed by atoms with Crippen LogP contribution in [-0.2, 0) is 6.42 Å². The fourth-order valence-corrected chi connectivity index (χ4v) is 3.77. The van der Waals surface area contributed by atoms with Crippen molar-refractivity contribution in [2.45, 2.75) is 44.9 Å². The number of benzene rings is 1. The maximum Gasteiger partial charge on any atom is 0.336 e. The van der Waals surface area contributed by atoms with Crippen molar-refractivity contribution in [2.24, 2.45) is 5.92 Å². The molecule has 1 fully saturated rings. The van der Waals surface area contributed by atoms with Gasteiger partial charge in [-0.05, 0) is 49.3 Å². The van der Waals surface area contributed by atoms with Crippen LogP contribution in [0.5, 0.6) is 0 Å². The normalized spacial score (nSPS) is 19.7. The van der Waals surface area contributed by atoms with Crippen LogP contribution in [0.4, 0.5) is 5.69 Å². The predicted octanol–water partition coefficient (Wildman–Crippen LogP) is 3.72. The van der Waals surface area contributed by atoms with E-state index in [1.807, 2.05) is 6.07 Å². The van der Waals surface area contributed by atoms with Crippen molar-refractivity contribution in [3.8, 4) is 0 Å². The van der Waals surface area contributed by atoms with Crippen LogP contribution in [0.3, 0.4) is 0 Å². The first-order chi connectivity index (χ1) is 9.75. The van der Waals surface area contributed by atoms with Crippen molar-refractivity contribution in [2.75, 3.05) is 18.0 Å². The van der Waals surface area contributed by atoms with Crippen LogP contribution in [0.25, 0.3) is 0 Å². The molecule has 1 aromatic rings. The van der Waals surface area contributed by atoms with Crippen molar-refractivity contribution in [1.29, 1.82) is 0 Å². The second-order valence-electron chi connectivity index (χ2n) is 6.16. The summed E-state index contributed by atoms with van der Waals surface area (Å²) in [7, 11) is 0. The third kappa shape index (κ3) is 2.67. The second kappa shape index (κ2) is 5.86. The summed E-state index contributed by atoms with van der Waals surface area (Å²) in [4.78, 5) is 13.8. The molecule has 0 amide bonds. The Hall–Kier alpha value is -1.51. The van der Waals surface area contributed by atoms with E-state index in [1.54, 1.807) is 6.07 Å². The Morgan fingerprint density at radius 3 is 2.75 bits per heavy atom. The zero-order valence-electron chi connectivity index (χ0n) is 12.0. The molecule has 1 N–H and O–H groups in total. The van der Waals surface area contributed by atoms with Crippen molar-refractivity contribution in [3.05, 3.63) is 29.3 Å². The molecule has 1 aliphatic heterocycles. The molecule has 0 unspecified atom stereocenters. The Kier molecular flexibility index (Phi) is 3.95. The SMILES string of the molecule is O=C(O)c1cccc2c1CCCN2CC1CCCCC1. The van der Waals surface area contributed by atoms with Crippen LogP contribution in [0.1, 0.15) is 54.4 Å². The Morgan fingerprint density at radius 1 is 1.20 bits per heavy atom. The van der Waals surface area contributed by atoms with E-state index in [4.69, 9.17) is 0 Å². The average Bonchev–Trinajstić information content (AvgIpc) is 2.48. The molecule has 1 saturated carbocycles. The maximum atomic E-state index is 11.4. The minimum absolute atomic E-state index is 0.496. The highest BCUT2D eigenvalue weighted by molar-refractivity contribution is 5.91. The lowest BCUT2D eigenvalue weighted by Crippen LogP contribution is -2.35. The van der Waals surface area contributed by atoms with Gasteiger partial charge in [-0.1, -0.05) is 25.3 Å². The van der Waals surface area contributed by atoms with E-state index in [-0.39, 0.29) is 0 Å². The van der Waals surface area contributed by atoms with Gasteiger partial charge in [0.05, 0.1) is 5.56 Å². The highest BCUT2D eigenvalue weighted by Gasteiger charge is 2.24. The first-order valence-corrected chi connectivity index (χ1v) is 7.86. The molecule has 3 heteroatoms. The Bertz CT molecular complexity index is 492. The summed E-state index contributed by atoms with van der Waals surface area (Å²) in [6.45, 7) is 2.18. The molecule has 1 aromatic carbocycles. The van der Waals surface area contributed by atoms with Gasteiger partial charge >= 0.3 is 5.97 Å². The number of carbonyl (C=O) groups is 1. The van der Waals surface area contributed by atoms with Crippen molar-refractivity contribution >= 4 is 11.7 Å². The smallest absolute Gasteiger partial charge is 0.336 e. The number of nitrogens with zero attached hydrogens (tertiary/aromatic N) is 1. The Morgan fingerprint density at radius 2 is 2.00 bits per heavy atom. The standard InChI is InChI=1S/C17H23NO2/c19-17(20)15-8-4-10-16-14(15)9-5-11-18(16)12-13-6-2-1-3-7-13/h4,8,10,13H,1-3,5-7,9,11-12H2,(H,19,20). The van der Waals surface area contributed by atoms with E-state index in [2.05, 4.69) is 11.0 Å². The summed E-state index contributed by atoms with van der Waals surface area (Å²) in [5, 5.41) is 9.33. The number of carboxylic acid groups (broad SMARTS) is 1. The first kappa shape index (κ1) is 13.5. The molecule has 0 saturated heterocycles. The second-order valence-corrected chi connectivity index (χ2v) is 6.16. The molecule has 3 rings (SSSR count). The van der Waals surface area contributed by atoms with E-state index in [0.717, 1.165) is 37.4 Å². The van der Waals surface area contributed by atoms with Gasteiger partial charge in [-0.25, -0.2) is 4.79 Å². The van der Waals surface area contributed by atoms with Gasteiger partial charge in [0.15, 0.2) is 0 Å². The minimum Gasteiger partial charge on any atom is -0.478 e. The van der Waals surface area contributed by atoms with Crippen LogP contribution in [-0.4, -0.2) is 24.2 Å². The highest BCUT2D eigenvalue weighted by atomic mass is 16.4. The van der Waals surface area contributed by atoms with Gasteiger partial charge in [-0.15, -0.1) is 0 Å². The van der Waals surface area contributed by atoms with Crippen molar-refractivity contribution in [3.63, 3.8) is 0 Å². The summed E-state index contributed by atoms with van der Waals surface area (Å²) in [6, 6.07) is 5.73. The van der Waals surface area contributed by atoms with Gasteiger partial charge in [-0.2, -0.15) is 0 Å². The van der Waals surface area contributed by atoms with Gasteiger partial charge in [0.1, 0.15) is 0 Å². The van der Waals surface area contributed by atoms with Gasteiger partial charge < -0.3 is 10.0 Å². The molecule has 0 aromatic heterocycles. The van der Waals surface area contributed by atoms with Crippen LogP contribution in [0, 0.1) is 5.92 Å². The Labute approximate surface area is 120 Å². The van der Waals surface area contributed by atoms with Gasteiger partial charge in [0.25, 0.3) is 0 Å². The van der Waals surface area contributed by atoms with Gasteiger partial charge in [0, 0.05) is 18.8 Å². The third-order valence-electron chi connectivity index (χ3n) is 4.78. The number of hydrogen-bond acceptors (Lipinski definition) is 2. The number of aromatic carboxylic acids is 1. The van der Waals surface area contributed by atoms with E-state index < -0.39 is 5.97 Å². The van der Waals surface area contributed by atoms with E-state index >= 15 is 0 Å². The summed E-state index contributed by atoms with van der Waals surface area (Å²) in [5.74, 6) is 0.00421. The van der Waals surface area contributed by atoms with Crippen LogP contribution >= 0.6 is 0 Å². The monoisotopic (exact) mass is 273 g/mol. The van der Waals surface area contributed by atoms with Crippen LogP contribution < -0.4 is 4.90 Å². The summed E-state index contributed by atoms with van der Waals surface area (Å²) < 4.78 is 0. The van der Waals surface area contributed by atoms with E-state index in [9.17, 15) is 9.90 Å². The molecule has 3 nitrogen and oxygen atoms in total. The average molecular weight is 273 g/mol. The molecule has 0 spiro atoms. The van der Waals surface area contributed by atoms with Crippen LogP contribution in [0.15, 0.2) is 18.2 Å².